The van der Waals surface area contributed by atoms with Gasteiger partial charge in [-0.05, 0) is 6.92 Å². The van der Waals surface area contributed by atoms with Crippen LogP contribution in [0.2, 0.25) is 0 Å². The fourth-order valence-electron chi connectivity index (χ4n) is 1.24. The van der Waals surface area contributed by atoms with Crippen LogP contribution < -0.4 is 0 Å². The number of halogens is 3. The fraction of sp³-hybridized carbons (Fsp3) is 0.375. The molecule has 1 rings (SSSR count). The summed E-state index contributed by atoms with van der Waals surface area (Å²) in [5.74, 6) is 0. The molecule has 1 aromatic rings. The van der Waals surface area contributed by atoms with Crippen LogP contribution in [0.1, 0.15) is 23.2 Å². The molecule has 82 valence electrons. The summed E-state index contributed by atoms with van der Waals surface area (Å²) in [6, 6.07) is 0. The number of nitrogens with zero attached hydrogens (tertiary/aromatic N) is 2. The molecule has 0 saturated carbocycles. The Labute approximate surface area is 92.6 Å². The lowest BCUT2D eigenvalue weighted by Gasteiger charge is -2.06. The summed E-state index contributed by atoms with van der Waals surface area (Å²) in [5, 5.41) is 10.9. The molecule has 0 radical (unpaired) electrons. The van der Waals surface area contributed by atoms with Crippen molar-refractivity contribution in [2.75, 3.05) is 0 Å². The van der Waals surface area contributed by atoms with Gasteiger partial charge < -0.3 is 0 Å². The first-order valence-electron chi connectivity index (χ1n) is 3.96. The molecule has 0 aliphatic carbocycles. The van der Waals surface area contributed by atoms with Gasteiger partial charge in [0.25, 0.3) is 12.1 Å². The van der Waals surface area contributed by atoms with Crippen LogP contribution in [0.4, 0.5) is 14.5 Å². The quantitative estimate of drug-likeness (QED) is 0.486. The summed E-state index contributed by atoms with van der Waals surface area (Å²) in [6.45, 7) is 1.28. The largest absolute Gasteiger partial charge is 0.280 e. The van der Waals surface area contributed by atoms with Gasteiger partial charge in [-0.15, -0.1) is 0 Å². The highest BCUT2D eigenvalue weighted by Gasteiger charge is 2.24. The van der Waals surface area contributed by atoms with Crippen molar-refractivity contribution in [3.05, 3.63) is 33.1 Å². The molecule has 0 spiro atoms. The maximum absolute atomic E-state index is 12.4. The van der Waals surface area contributed by atoms with Crippen LogP contribution in [-0.2, 0) is 5.33 Å². The molecule has 0 aromatic carbocycles. The molecular weight excluding hydrogens is 274 g/mol. The number of rotatable bonds is 3. The van der Waals surface area contributed by atoms with Crippen molar-refractivity contribution in [1.29, 1.82) is 0 Å². The number of nitro groups is 1. The van der Waals surface area contributed by atoms with Gasteiger partial charge in [-0.3, -0.25) is 15.1 Å². The normalized spacial score (nSPS) is 10.7. The van der Waals surface area contributed by atoms with Gasteiger partial charge in [-0.2, -0.15) is 0 Å². The van der Waals surface area contributed by atoms with Gasteiger partial charge in [0.2, 0.25) is 0 Å². The molecule has 0 aliphatic rings. The lowest BCUT2D eigenvalue weighted by atomic mass is 10.1. The molecule has 0 N–H and O–H groups in total. The van der Waals surface area contributed by atoms with Crippen LogP contribution in [0.25, 0.3) is 0 Å². The van der Waals surface area contributed by atoms with Crippen molar-refractivity contribution in [1.82, 2.24) is 4.98 Å². The van der Waals surface area contributed by atoms with Crippen molar-refractivity contribution in [3.63, 3.8) is 0 Å². The first kappa shape index (κ1) is 12.0. The van der Waals surface area contributed by atoms with E-state index in [9.17, 15) is 18.9 Å². The minimum absolute atomic E-state index is 0.0769. The average Bonchev–Trinajstić information content (AvgIpc) is 2.15. The number of alkyl halides is 3. The number of pyridine rings is 1. The van der Waals surface area contributed by atoms with Gasteiger partial charge in [-0.1, -0.05) is 15.9 Å². The molecular formula is C8H7BrF2N2O2. The summed E-state index contributed by atoms with van der Waals surface area (Å²) in [5.41, 5.74) is -0.613. The van der Waals surface area contributed by atoms with Crippen molar-refractivity contribution in [2.24, 2.45) is 0 Å². The van der Waals surface area contributed by atoms with Gasteiger partial charge in [0.15, 0.2) is 0 Å². The first-order chi connectivity index (χ1) is 6.99. The Balaban J connectivity index is 3.42. The van der Waals surface area contributed by atoms with Crippen LogP contribution in [-0.4, -0.2) is 9.91 Å². The van der Waals surface area contributed by atoms with Gasteiger partial charge in [-0.25, -0.2) is 8.78 Å². The average molecular weight is 281 g/mol. The second kappa shape index (κ2) is 4.61. The molecule has 1 heterocycles. The van der Waals surface area contributed by atoms with E-state index in [0.29, 0.717) is 5.56 Å². The lowest BCUT2D eigenvalue weighted by molar-refractivity contribution is -0.386. The molecule has 0 atom stereocenters. The molecule has 0 amide bonds. The van der Waals surface area contributed by atoms with Crippen molar-refractivity contribution in [2.45, 2.75) is 18.7 Å². The predicted molar refractivity (Wildman–Crippen MR) is 53.2 cm³/mol. The number of hydrogen-bond acceptors (Lipinski definition) is 3. The van der Waals surface area contributed by atoms with E-state index in [1.165, 1.54) is 6.92 Å². The van der Waals surface area contributed by atoms with E-state index < -0.39 is 17.0 Å². The Bertz CT molecular complexity index is 398. The first-order valence-corrected chi connectivity index (χ1v) is 5.08. The van der Waals surface area contributed by atoms with E-state index in [1.54, 1.807) is 0 Å². The van der Waals surface area contributed by atoms with E-state index in [1.807, 2.05) is 0 Å². The molecule has 7 heteroatoms. The Hall–Kier alpha value is -1.11. The third kappa shape index (κ3) is 2.28. The Morgan fingerprint density at radius 1 is 1.67 bits per heavy atom. The van der Waals surface area contributed by atoms with Gasteiger partial charge in [0, 0.05) is 11.5 Å². The summed E-state index contributed by atoms with van der Waals surface area (Å²) >= 11 is 3.04. The van der Waals surface area contributed by atoms with E-state index in [-0.39, 0.29) is 16.6 Å². The van der Waals surface area contributed by atoms with Crippen molar-refractivity contribution < 1.29 is 13.7 Å². The van der Waals surface area contributed by atoms with E-state index >= 15 is 0 Å². The topological polar surface area (TPSA) is 56.0 Å². The lowest BCUT2D eigenvalue weighted by Crippen LogP contribution is -2.03. The molecule has 1 aromatic heterocycles. The highest BCUT2D eigenvalue weighted by molar-refractivity contribution is 9.08. The Morgan fingerprint density at radius 2 is 2.27 bits per heavy atom. The van der Waals surface area contributed by atoms with Crippen LogP contribution in [0.3, 0.4) is 0 Å². The molecule has 0 aliphatic heterocycles. The summed E-state index contributed by atoms with van der Waals surface area (Å²) < 4.78 is 24.8. The third-order valence-electron chi connectivity index (χ3n) is 1.94. The zero-order chi connectivity index (χ0) is 11.6. The molecule has 0 bridgehead atoms. The van der Waals surface area contributed by atoms with Crippen LogP contribution in [0.5, 0.6) is 0 Å². The maximum atomic E-state index is 12.4. The molecule has 15 heavy (non-hydrogen) atoms. The zero-order valence-electron chi connectivity index (χ0n) is 7.71. The van der Waals surface area contributed by atoms with Crippen LogP contribution in [0.15, 0.2) is 6.20 Å². The van der Waals surface area contributed by atoms with E-state index in [4.69, 9.17) is 0 Å². The van der Waals surface area contributed by atoms with Gasteiger partial charge >= 0.3 is 0 Å². The van der Waals surface area contributed by atoms with Gasteiger partial charge in [0.05, 0.1) is 16.1 Å². The third-order valence-corrected chi connectivity index (χ3v) is 2.54. The minimum atomic E-state index is -2.80. The summed E-state index contributed by atoms with van der Waals surface area (Å²) in [7, 11) is 0. The van der Waals surface area contributed by atoms with Crippen molar-refractivity contribution in [3.8, 4) is 0 Å². The summed E-state index contributed by atoms with van der Waals surface area (Å²) in [6.07, 6.45) is -1.70. The smallest absolute Gasteiger partial charge is 0.258 e. The van der Waals surface area contributed by atoms with E-state index in [0.717, 1.165) is 6.20 Å². The second-order valence-corrected chi connectivity index (χ2v) is 3.39. The van der Waals surface area contributed by atoms with Gasteiger partial charge in [0.1, 0.15) is 5.69 Å². The highest BCUT2D eigenvalue weighted by atomic mass is 79.9. The maximum Gasteiger partial charge on any atom is 0.280 e. The molecule has 0 saturated heterocycles. The van der Waals surface area contributed by atoms with Crippen LogP contribution >= 0.6 is 15.9 Å². The monoisotopic (exact) mass is 280 g/mol. The summed E-state index contributed by atoms with van der Waals surface area (Å²) in [4.78, 5) is 13.5. The van der Waals surface area contributed by atoms with E-state index in [2.05, 4.69) is 20.9 Å². The zero-order valence-corrected chi connectivity index (χ0v) is 9.29. The Morgan fingerprint density at radius 3 is 2.67 bits per heavy atom. The Kier molecular flexibility index (Phi) is 3.67. The minimum Gasteiger partial charge on any atom is -0.258 e. The van der Waals surface area contributed by atoms with Crippen LogP contribution in [0, 0.1) is 17.0 Å². The molecule has 0 unspecified atom stereocenters. The number of aromatic nitrogens is 1. The fourth-order valence-corrected chi connectivity index (χ4v) is 1.65. The second-order valence-electron chi connectivity index (χ2n) is 2.83. The number of hydrogen-bond donors (Lipinski definition) is 0. The highest BCUT2D eigenvalue weighted by Crippen LogP contribution is 2.30. The molecule has 4 nitrogen and oxygen atoms in total. The standard InChI is InChI=1S/C8H7BrF2N2O2/c1-4-6(8(10)11)12-3-5(2-9)7(4)13(14)15/h3,8H,2H2,1H3. The molecule has 0 fully saturated rings. The van der Waals surface area contributed by atoms with Crippen molar-refractivity contribution >= 4 is 21.6 Å². The predicted octanol–water partition coefficient (Wildman–Crippen LogP) is 3.13. The SMILES string of the molecule is Cc1c(C(F)F)ncc(CBr)c1[N+](=O)[O-].